The van der Waals surface area contributed by atoms with E-state index >= 15 is 0 Å². The molecule has 0 saturated carbocycles. The topological polar surface area (TPSA) is 62.7 Å². The van der Waals surface area contributed by atoms with Gasteiger partial charge in [-0.15, -0.1) is 10.2 Å². The van der Waals surface area contributed by atoms with E-state index in [0.29, 0.717) is 11.5 Å². The SMILES string of the molecule is N#Cc1ccc(-c2nnco2)cc1.[13CH4]. The summed E-state index contributed by atoms with van der Waals surface area (Å²) in [4.78, 5) is 0. The lowest BCUT2D eigenvalue weighted by Crippen LogP contribution is -1.78. The molecule has 0 saturated heterocycles. The van der Waals surface area contributed by atoms with E-state index in [2.05, 4.69) is 10.2 Å². The second kappa shape index (κ2) is 4.19. The minimum atomic E-state index is 0. The summed E-state index contributed by atoms with van der Waals surface area (Å²) in [5.41, 5.74) is 1.43. The largest absolute Gasteiger partial charge is 0.423 e. The molecule has 0 N–H and O–H groups in total. The minimum Gasteiger partial charge on any atom is -0.423 e. The molecule has 1 aromatic carbocycles. The molecule has 1 aromatic heterocycles. The van der Waals surface area contributed by atoms with Gasteiger partial charge in [-0.05, 0) is 24.3 Å². The zero-order chi connectivity index (χ0) is 9.10. The summed E-state index contributed by atoms with van der Waals surface area (Å²) in [5, 5.41) is 15.9. The predicted molar refractivity (Wildman–Crippen MR) is 51.2 cm³/mol. The summed E-state index contributed by atoms with van der Waals surface area (Å²) >= 11 is 0. The van der Waals surface area contributed by atoms with Crippen LogP contribution in [0.1, 0.15) is 13.0 Å². The summed E-state index contributed by atoms with van der Waals surface area (Å²) < 4.78 is 4.99. The van der Waals surface area contributed by atoms with E-state index in [1.807, 2.05) is 6.07 Å². The van der Waals surface area contributed by atoms with Gasteiger partial charge in [-0.25, -0.2) is 0 Å². The highest BCUT2D eigenvalue weighted by atomic mass is 16.4. The number of hydrogen-bond acceptors (Lipinski definition) is 4. The standard InChI is InChI=1S/C9H5N3O.CH4/c10-5-7-1-3-8(4-2-7)9-12-11-6-13-9;/h1-4,6H;1H4/i;1+1. The first-order valence-electron chi connectivity index (χ1n) is 3.67. The van der Waals surface area contributed by atoms with Gasteiger partial charge in [-0.3, -0.25) is 0 Å². The molecule has 1 heterocycles. The van der Waals surface area contributed by atoms with E-state index in [9.17, 15) is 0 Å². The molecule has 0 aliphatic heterocycles. The van der Waals surface area contributed by atoms with Crippen molar-refractivity contribution in [3.05, 3.63) is 36.2 Å². The van der Waals surface area contributed by atoms with Crippen molar-refractivity contribution in [1.29, 1.82) is 5.26 Å². The van der Waals surface area contributed by atoms with Gasteiger partial charge in [0.15, 0.2) is 0 Å². The van der Waals surface area contributed by atoms with E-state index < -0.39 is 0 Å². The molecule has 0 atom stereocenters. The highest BCUT2D eigenvalue weighted by Gasteiger charge is 2.01. The van der Waals surface area contributed by atoms with Gasteiger partial charge in [0, 0.05) is 5.56 Å². The molecule has 0 spiro atoms. The Bertz CT molecular complexity index is 425. The molecular weight excluding hydrogens is 179 g/mol. The maximum absolute atomic E-state index is 8.56. The van der Waals surface area contributed by atoms with Crippen LogP contribution in [0.15, 0.2) is 35.1 Å². The van der Waals surface area contributed by atoms with E-state index in [4.69, 9.17) is 9.68 Å². The Morgan fingerprint density at radius 3 is 2.43 bits per heavy atom. The van der Waals surface area contributed by atoms with Crippen molar-refractivity contribution < 1.29 is 4.42 Å². The van der Waals surface area contributed by atoms with Crippen molar-refractivity contribution in [3.8, 4) is 17.5 Å². The molecule has 14 heavy (non-hydrogen) atoms. The lowest BCUT2D eigenvalue weighted by atomic mass is 10.1. The van der Waals surface area contributed by atoms with Crippen LogP contribution in [0.5, 0.6) is 0 Å². The third-order valence-corrected chi connectivity index (χ3v) is 1.62. The van der Waals surface area contributed by atoms with Gasteiger partial charge >= 0.3 is 0 Å². The number of rotatable bonds is 1. The van der Waals surface area contributed by atoms with Crippen LogP contribution in [-0.4, -0.2) is 10.2 Å². The zero-order valence-corrected chi connectivity index (χ0v) is 6.64. The Labute approximate surface area is 81.8 Å². The average molecular weight is 188 g/mol. The monoisotopic (exact) mass is 188 g/mol. The lowest BCUT2D eigenvalue weighted by molar-refractivity contribution is 0.568. The molecule has 0 fully saturated rings. The van der Waals surface area contributed by atoms with Gasteiger partial charge in [0.25, 0.3) is 0 Å². The Morgan fingerprint density at radius 2 is 1.93 bits per heavy atom. The van der Waals surface area contributed by atoms with Crippen LogP contribution < -0.4 is 0 Å². The second-order valence-corrected chi connectivity index (χ2v) is 2.43. The minimum absolute atomic E-state index is 0. The molecule has 0 amide bonds. The van der Waals surface area contributed by atoms with Crippen LogP contribution in [0.25, 0.3) is 11.5 Å². The molecule has 70 valence electrons. The molecule has 0 radical (unpaired) electrons. The third-order valence-electron chi connectivity index (χ3n) is 1.62. The van der Waals surface area contributed by atoms with Gasteiger partial charge in [-0.2, -0.15) is 5.26 Å². The second-order valence-electron chi connectivity index (χ2n) is 2.43. The van der Waals surface area contributed by atoms with Crippen LogP contribution >= 0.6 is 0 Å². The molecule has 0 aliphatic rings. The first-order valence-corrected chi connectivity index (χ1v) is 3.67. The molecule has 4 nitrogen and oxygen atoms in total. The van der Waals surface area contributed by atoms with Crippen LogP contribution in [-0.2, 0) is 0 Å². The van der Waals surface area contributed by atoms with E-state index in [1.54, 1.807) is 24.3 Å². The highest BCUT2D eigenvalue weighted by Crippen LogP contribution is 2.15. The number of nitrogens with zero attached hydrogens (tertiary/aromatic N) is 3. The normalized spacial score (nSPS) is 8.79. The Kier molecular flexibility index (Phi) is 2.97. The fourth-order valence-electron chi connectivity index (χ4n) is 0.986. The maximum atomic E-state index is 8.56. The highest BCUT2D eigenvalue weighted by molar-refractivity contribution is 5.53. The van der Waals surface area contributed by atoms with Gasteiger partial charge in [0.05, 0.1) is 11.6 Å². The summed E-state index contributed by atoms with van der Waals surface area (Å²) in [5.74, 6) is 0.462. The summed E-state index contributed by atoms with van der Waals surface area (Å²) in [7, 11) is 0. The summed E-state index contributed by atoms with van der Waals surface area (Å²) in [6.07, 6.45) is 1.27. The Hall–Kier alpha value is -2.15. The molecule has 0 unspecified atom stereocenters. The van der Waals surface area contributed by atoms with Crippen molar-refractivity contribution in [1.82, 2.24) is 10.2 Å². The smallest absolute Gasteiger partial charge is 0.247 e. The van der Waals surface area contributed by atoms with Crippen LogP contribution in [0.4, 0.5) is 0 Å². The number of nitriles is 1. The molecular formula is C10H9N3O. The van der Waals surface area contributed by atoms with Crippen LogP contribution in [0, 0.1) is 11.3 Å². The Balaban J connectivity index is 0.000000980. The number of benzene rings is 1. The van der Waals surface area contributed by atoms with Crippen molar-refractivity contribution in [2.75, 3.05) is 0 Å². The van der Waals surface area contributed by atoms with Crippen molar-refractivity contribution >= 4 is 0 Å². The van der Waals surface area contributed by atoms with Gasteiger partial charge < -0.3 is 4.42 Å². The van der Waals surface area contributed by atoms with Gasteiger partial charge in [0.2, 0.25) is 12.3 Å². The average Bonchev–Trinajstić information content (AvgIpc) is 2.71. The maximum Gasteiger partial charge on any atom is 0.247 e. The first-order chi connectivity index (χ1) is 6.40. The van der Waals surface area contributed by atoms with E-state index in [1.165, 1.54) is 6.39 Å². The van der Waals surface area contributed by atoms with E-state index in [-0.39, 0.29) is 7.43 Å². The zero-order valence-electron chi connectivity index (χ0n) is 6.64. The summed E-state index contributed by atoms with van der Waals surface area (Å²) in [6.45, 7) is 0. The van der Waals surface area contributed by atoms with Crippen LogP contribution in [0.2, 0.25) is 0 Å². The fourth-order valence-corrected chi connectivity index (χ4v) is 0.986. The lowest BCUT2D eigenvalue weighted by Gasteiger charge is -1.92. The Morgan fingerprint density at radius 1 is 1.21 bits per heavy atom. The third kappa shape index (κ3) is 1.77. The summed E-state index contributed by atoms with van der Waals surface area (Å²) in [6, 6.07) is 8.99. The molecule has 2 rings (SSSR count). The number of aromatic nitrogens is 2. The quantitative estimate of drug-likeness (QED) is 0.644. The van der Waals surface area contributed by atoms with Crippen molar-refractivity contribution in [2.45, 2.75) is 7.43 Å². The number of hydrogen-bond donors (Lipinski definition) is 0. The fraction of sp³-hybridized carbons (Fsp3) is 0.100. The van der Waals surface area contributed by atoms with Crippen LogP contribution in [0.3, 0.4) is 0 Å². The van der Waals surface area contributed by atoms with Gasteiger partial charge in [-0.1, -0.05) is 7.43 Å². The molecule has 0 aliphatic carbocycles. The van der Waals surface area contributed by atoms with E-state index in [0.717, 1.165) is 5.56 Å². The molecule has 4 heteroatoms. The van der Waals surface area contributed by atoms with Gasteiger partial charge in [0.1, 0.15) is 0 Å². The molecule has 2 aromatic rings. The van der Waals surface area contributed by atoms with Crippen molar-refractivity contribution in [3.63, 3.8) is 0 Å². The van der Waals surface area contributed by atoms with Crippen molar-refractivity contribution in [2.24, 2.45) is 0 Å². The molecule has 0 bridgehead atoms. The predicted octanol–water partition coefficient (Wildman–Crippen LogP) is 2.24. The first kappa shape index (κ1) is 9.93.